The standard InChI is InChI=1S/C10H14ClN3/c1-3-7(2)6-13-10-8(12)4-5-9(11)14-10/h4-5H,2-3,6,12H2,1H3,(H,13,14). The van der Waals surface area contributed by atoms with Crippen LogP contribution in [0.25, 0.3) is 0 Å². The first kappa shape index (κ1) is 10.9. The number of rotatable bonds is 4. The lowest BCUT2D eigenvalue weighted by Crippen LogP contribution is -2.07. The Hall–Kier alpha value is -1.22. The number of nitrogens with zero attached hydrogens (tertiary/aromatic N) is 1. The molecule has 0 fully saturated rings. The van der Waals surface area contributed by atoms with Gasteiger partial charge >= 0.3 is 0 Å². The van der Waals surface area contributed by atoms with Gasteiger partial charge in [0.05, 0.1) is 5.69 Å². The molecule has 0 aliphatic carbocycles. The van der Waals surface area contributed by atoms with Crippen molar-refractivity contribution in [1.82, 2.24) is 4.98 Å². The molecule has 14 heavy (non-hydrogen) atoms. The van der Waals surface area contributed by atoms with E-state index in [2.05, 4.69) is 23.8 Å². The second-order valence-electron chi connectivity index (χ2n) is 3.03. The second-order valence-corrected chi connectivity index (χ2v) is 3.42. The van der Waals surface area contributed by atoms with Gasteiger partial charge in [-0.25, -0.2) is 4.98 Å². The predicted octanol–water partition coefficient (Wildman–Crippen LogP) is 2.70. The van der Waals surface area contributed by atoms with E-state index >= 15 is 0 Å². The van der Waals surface area contributed by atoms with Crippen LogP contribution in [0.2, 0.25) is 5.15 Å². The lowest BCUT2D eigenvalue weighted by molar-refractivity contribution is 1.04. The van der Waals surface area contributed by atoms with Crippen LogP contribution in [0.5, 0.6) is 0 Å². The quantitative estimate of drug-likeness (QED) is 0.595. The van der Waals surface area contributed by atoms with Crippen LogP contribution in [0, 0.1) is 0 Å². The molecule has 0 spiro atoms. The van der Waals surface area contributed by atoms with E-state index in [1.54, 1.807) is 12.1 Å². The summed E-state index contributed by atoms with van der Waals surface area (Å²) < 4.78 is 0. The number of hydrogen-bond donors (Lipinski definition) is 2. The van der Waals surface area contributed by atoms with Crippen molar-refractivity contribution in [2.24, 2.45) is 0 Å². The molecule has 0 amide bonds. The maximum Gasteiger partial charge on any atom is 0.151 e. The average Bonchev–Trinajstić information content (AvgIpc) is 2.19. The molecule has 4 heteroatoms. The smallest absolute Gasteiger partial charge is 0.151 e. The summed E-state index contributed by atoms with van der Waals surface area (Å²) >= 11 is 5.74. The average molecular weight is 212 g/mol. The van der Waals surface area contributed by atoms with E-state index in [4.69, 9.17) is 17.3 Å². The topological polar surface area (TPSA) is 50.9 Å². The molecule has 1 heterocycles. The van der Waals surface area contributed by atoms with Crippen molar-refractivity contribution in [1.29, 1.82) is 0 Å². The number of hydrogen-bond acceptors (Lipinski definition) is 3. The van der Waals surface area contributed by atoms with E-state index in [1.165, 1.54) is 0 Å². The third-order valence-corrected chi connectivity index (χ3v) is 2.11. The van der Waals surface area contributed by atoms with Crippen molar-refractivity contribution in [2.45, 2.75) is 13.3 Å². The summed E-state index contributed by atoms with van der Waals surface area (Å²) in [7, 11) is 0. The highest BCUT2D eigenvalue weighted by Gasteiger charge is 2.01. The van der Waals surface area contributed by atoms with E-state index in [0.717, 1.165) is 12.0 Å². The van der Waals surface area contributed by atoms with Gasteiger partial charge in [0.15, 0.2) is 5.82 Å². The largest absolute Gasteiger partial charge is 0.396 e. The van der Waals surface area contributed by atoms with Crippen molar-refractivity contribution in [3.8, 4) is 0 Å². The van der Waals surface area contributed by atoms with Gasteiger partial charge in [0.1, 0.15) is 5.15 Å². The molecular formula is C10H14ClN3. The predicted molar refractivity (Wildman–Crippen MR) is 61.6 cm³/mol. The fourth-order valence-electron chi connectivity index (χ4n) is 0.921. The van der Waals surface area contributed by atoms with E-state index in [-0.39, 0.29) is 0 Å². The number of anilines is 2. The monoisotopic (exact) mass is 211 g/mol. The van der Waals surface area contributed by atoms with Gasteiger partial charge < -0.3 is 11.1 Å². The van der Waals surface area contributed by atoms with Gasteiger partial charge in [0.25, 0.3) is 0 Å². The summed E-state index contributed by atoms with van der Waals surface area (Å²) in [5.41, 5.74) is 7.40. The van der Waals surface area contributed by atoms with E-state index in [0.29, 0.717) is 23.2 Å². The molecule has 76 valence electrons. The summed E-state index contributed by atoms with van der Waals surface area (Å²) in [4.78, 5) is 4.07. The van der Waals surface area contributed by atoms with Crippen molar-refractivity contribution < 1.29 is 0 Å². The Morgan fingerprint density at radius 1 is 1.64 bits per heavy atom. The van der Waals surface area contributed by atoms with Crippen molar-refractivity contribution >= 4 is 23.1 Å². The van der Waals surface area contributed by atoms with Crippen LogP contribution in [0.15, 0.2) is 24.3 Å². The number of nitrogens with one attached hydrogen (secondary N) is 1. The first-order valence-corrected chi connectivity index (χ1v) is 4.83. The van der Waals surface area contributed by atoms with Crippen molar-refractivity contribution in [3.63, 3.8) is 0 Å². The normalized spacial score (nSPS) is 9.86. The molecule has 3 nitrogen and oxygen atoms in total. The first-order valence-electron chi connectivity index (χ1n) is 4.46. The fourth-order valence-corrected chi connectivity index (χ4v) is 1.07. The molecule has 3 N–H and O–H groups in total. The number of pyridine rings is 1. The molecule has 1 aromatic heterocycles. The zero-order valence-corrected chi connectivity index (χ0v) is 8.93. The molecular weight excluding hydrogens is 198 g/mol. The van der Waals surface area contributed by atoms with Crippen LogP contribution in [0.3, 0.4) is 0 Å². The van der Waals surface area contributed by atoms with Gasteiger partial charge in [-0.05, 0) is 18.6 Å². The zero-order chi connectivity index (χ0) is 10.6. The number of nitrogens with two attached hydrogens (primary N) is 1. The van der Waals surface area contributed by atoms with Crippen LogP contribution >= 0.6 is 11.6 Å². The molecule has 0 aromatic carbocycles. The molecule has 1 aromatic rings. The van der Waals surface area contributed by atoms with Crippen LogP contribution in [-0.2, 0) is 0 Å². The highest BCUT2D eigenvalue weighted by atomic mass is 35.5. The van der Waals surface area contributed by atoms with Crippen LogP contribution in [0.4, 0.5) is 11.5 Å². The Kier molecular flexibility index (Phi) is 3.77. The molecule has 0 aliphatic rings. The van der Waals surface area contributed by atoms with Crippen LogP contribution < -0.4 is 11.1 Å². The Morgan fingerprint density at radius 3 is 3.00 bits per heavy atom. The van der Waals surface area contributed by atoms with Gasteiger partial charge in [-0.15, -0.1) is 0 Å². The summed E-state index contributed by atoms with van der Waals surface area (Å²) in [6.07, 6.45) is 0.938. The highest BCUT2D eigenvalue weighted by Crippen LogP contribution is 2.18. The molecule has 0 unspecified atom stereocenters. The molecule has 0 aliphatic heterocycles. The van der Waals surface area contributed by atoms with Gasteiger partial charge in [-0.2, -0.15) is 0 Å². The number of aromatic nitrogens is 1. The SMILES string of the molecule is C=C(CC)CNc1nc(Cl)ccc1N. The van der Waals surface area contributed by atoms with E-state index < -0.39 is 0 Å². The minimum absolute atomic E-state index is 0.434. The van der Waals surface area contributed by atoms with Gasteiger partial charge in [0.2, 0.25) is 0 Å². The summed E-state index contributed by atoms with van der Waals surface area (Å²) in [6.45, 7) is 6.61. The van der Waals surface area contributed by atoms with Crippen molar-refractivity contribution in [2.75, 3.05) is 17.6 Å². The lowest BCUT2D eigenvalue weighted by Gasteiger charge is -2.08. The second kappa shape index (κ2) is 4.86. The van der Waals surface area contributed by atoms with Crippen molar-refractivity contribution in [3.05, 3.63) is 29.4 Å². The molecule has 0 saturated carbocycles. The number of nitrogen functional groups attached to an aromatic ring is 1. The number of halogens is 1. The maximum atomic E-state index is 5.74. The maximum absolute atomic E-state index is 5.74. The Morgan fingerprint density at radius 2 is 2.36 bits per heavy atom. The van der Waals surface area contributed by atoms with Gasteiger partial charge in [-0.3, -0.25) is 0 Å². The first-order chi connectivity index (χ1) is 6.63. The zero-order valence-electron chi connectivity index (χ0n) is 8.18. The van der Waals surface area contributed by atoms with Gasteiger partial charge in [-0.1, -0.05) is 30.7 Å². The molecule has 0 atom stereocenters. The fraction of sp³-hybridized carbons (Fsp3) is 0.300. The molecule has 0 radical (unpaired) electrons. The van der Waals surface area contributed by atoms with Gasteiger partial charge in [0, 0.05) is 6.54 Å². The van der Waals surface area contributed by atoms with Crippen LogP contribution in [0.1, 0.15) is 13.3 Å². The molecule has 0 bridgehead atoms. The minimum Gasteiger partial charge on any atom is -0.396 e. The summed E-state index contributed by atoms with van der Waals surface area (Å²) in [5.74, 6) is 0.618. The molecule has 0 saturated heterocycles. The lowest BCUT2D eigenvalue weighted by atomic mass is 10.2. The van der Waals surface area contributed by atoms with E-state index in [1.807, 2.05) is 0 Å². The van der Waals surface area contributed by atoms with E-state index in [9.17, 15) is 0 Å². The third kappa shape index (κ3) is 2.92. The molecule has 1 rings (SSSR count). The summed E-state index contributed by atoms with van der Waals surface area (Å²) in [5, 5.41) is 3.52. The minimum atomic E-state index is 0.434. The third-order valence-electron chi connectivity index (χ3n) is 1.90. The van der Waals surface area contributed by atoms with Crippen LogP contribution in [-0.4, -0.2) is 11.5 Å². The highest BCUT2D eigenvalue weighted by molar-refractivity contribution is 6.29. The summed E-state index contributed by atoms with van der Waals surface area (Å²) in [6, 6.07) is 3.39. The Labute approximate surface area is 89.0 Å². The Balaban J connectivity index is 2.66. The Bertz CT molecular complexity index is 336.